The third kappa shape index (κ3) is 3.73. The van der Waals surface area contributed by atoms with Crippen molar-refractivity contribution in [2.24, 2.45) is 0 Å². The Balaban J connectivity index is 1.36. The number of ether oxygens (including phenoxy) is 1. The summed E-state index contributed by atoms with van der Waals surface area (Å²) < 4.78 is 5.65. The lowest BCUT2D eigenvalue weighted by Crippen LogP contribution is -2.23. The van der Waals surface area contributed by atoms with Gasteiger partial charge in [0.2, 0.25) is 0 Å². The highest BCUT2D eigenvalue weighted by Crippen LogP contribution is 2.19. The number of amides is 1. The van der Waals surface area contributed by atoms with Gasteiger partial charge in [-0.3, -0.25) is 9.89 Å². The van der Waals surface area contributed by atoms with E-state index in [4.69, 9.17) is 4.74 Å². The van der Waals surface area contributed by atoms with Crippen LogP contribution in [0, 0.1) is 13.8 Å². The standard InChI is InChI=1S/C21H21N5O2/c1-13-8-9-17-20(14(13)2)24-19(23-17)11-22-21(27)18-10-15(25-26-18)12-28-16-6-4-3-5-7-16/h3-10H,11-12H2,1-2H3,(H,22,27)(H,23,24)(H,25,26). The van der Waals surface area contributed by atoms with Gasteiger partial charge < -0.3 is 15.0 Å². The Morgan fingerprint density at radius 1 is 1.14 bits per heavy atom. The largest absolute Gasteiger partial charge is 0.487 e. The summed E-state index contributed by atoms with van der Waals surface area (Å²) in [6.07, 6.45) is 0. The molecule has 28 heavy (non-hydrogen) atoms. The number of hydrogen-bond acceptors (Lipinski definition) is 4. The molecule has 3 N–H and O–H groups in total. The zero-order valence-electron chi connectivity index (χ0n) is 15.7. The molecule has 0 unspecified atom stereocenters. The van der Waals surface area contributed by atoms with Crippen molar-refractivity contribution in [2.75, 3.05) is 0 Å². The van der Waals surface area contributed by atoms with Crippen molar-refractivity contribution in [3.63, 3.8) is 0 Å². The lowest BCUT2D eigenvalue weighted by Gasteiger charge is -2.03. The number of nitrogens with zero attached hydrogens (tertiary/aromatic N) is 2. The maximum atomic E-state index is 12.4. The van der Waals surface area contributed by atoms with E-state index < -0.39 is 0 Å². The van der Waals surface area contributed by atoms with Gasteiger partial charge >= 0.3 is 0 Å². The number of carbonyl (C=O) groups excluding carboxylic acids is 1. The van der Waals surface area contributed by atoms with E-state index in [0.717, 1.165) is 28.0 Å². The highest BCUT2D eigenvalue weighted by molar-refractivity contribution is 5.92. The van der Waals surface area contributed by atoms with Crippen molar-refractivity contribution in [3.8, 4) is 5.75 Å². The van der Waals surface area contributed by atoms with E-state index in [9.17, 15) is 4.79 Å². The molecule has 0 aliphatic rings. The molecule has 7 nitrogen and oxygen atoms in total. The van der Waals surface area contributed by atoms with E-state index >= 15 is 0 Å². The summed E-state index contributed by atoms with van der Waals surface area (Å²) in [7, 11) is 0. The first-order valence-electron chi connectivity index (χ1n) is 9.05. The Hall–Kier alpha value is -3.61. The number of carbonyl (C=O) groups is 1. The summed E-state index contributed by atoms with van der Waals surface area (Å²) in [6, 6.07) is 15.2. The molecule has 0 fully saturated rings. The molecule has 0 aliphatic heterocycles. The Bertz CT molecular complexity index is 1110. The zero-order valence-corrected chi connectivity index (χ0v) is 15.7. The summed E-state index contributed by atoms with van der Waals surface area (Å²) in [4.78, 5) is 20.2. The minimum absolute atomic E-state index is 0.268. The predicted molar refractivity (Wildman–Crippen MR) is 106 cm³/mol. The Kier molecular flexibility index (Phi) is 4.80. The number of aromatic nitrogens is 4. The van der Waals surface area contributed by atoms with Gasteiger partial charge in [-0.2, -0.15) is 5.10 Å². The van der Waals surface area contributed by atoms with Gasteiger partial charge in [0.1, 0.15) is 23.9 Å². The molecule has 142 valence electrons. The molecular formula is C21H21N5O2. The van der Waals surface area contributed by atoms with E-state index in [1.165, 1.54) is 5.56 Å². The Labute approximate surface area is 162 Å². The number of para-hydroxylation sites is 1. The van der Waals surface area contributed by atoms with E-state index in [1.807, 2.05) is 43.3 Å². The van der Waals surface area contributed by atoms with Crippen LogP contribution in [0.15, 0.2) is 48.5 Å². The van der Waals surface area contributed by atoms with Crippen LogP contribution in [-0.4, -0.2) is 26.1 Å². The molecule has 0 spiro atoms. The van der Waals surface area contributed by atoms with Gasteiger partial charge in [-0.05, 0) is 49.2 Å². The van der Waals surface area contributed by atoms with Crippen molar-refractivity contribution < 1.29 is 9.53 Å². The van der Waals surface area contributed by atoms with Crippen molar-refractivity contribution in [3.05, 3.63) is 76.9 Å². The lowest BCUT2D eigenvalue weighted by atomic mass is 10.1. The number of fused-ring (bicyclic) bond motifs is 1. The Morgan fingerprint density at radius 3 is 2.79 bits per heavy atom. The Morgan fingerprint density at radius 2 is 1.96 bits per heavy atom. The van der Waals surface area contributed by atoms with Crippen LogP contribution in [0.5, 0.6) is 5.75 Å². The molecule has 0 atom stereocenters. The highest BCUT2D eigenvalue weighted by atomic mass is 16.5. The minimum Gasteiger partial charge on any atom is -0.487 e. The van der Waals surface area contributed by atoms with Crippen LogP contribution < -0.4 is 10.1 Å². The molecule has 1 amide bonds. The van der Waals surface area contributed by atoms with Crippen molar-refractivity contribution in [1.29, 1.82) is 0 Å². The summed E-state index contributed by atoms with van der Waals surface area (Å²) in [5, 5.41) is 9.73. The third-order valence-electron chi connectivity index (χ3n) is 4.65. The monoisotopic (exact) mass is 375 g/mol. The van der Waals surface area contributed by atoms with Crippen LogP contribution in [0.2, 0.25) is 0 Å². The highest BCUT2D eigenvalue weighted by Gasteiger charge is 2.12. The summed E-state index contributed by atoms with van der Waals surface area (Å²) in [5.41, 5.74) is 5.27. The number of imidazole rings is 1. The minimum atomic E-state index is -0.268. The fourth-order valence-corrected chi connectivity index (χ4v) is 2.93. The molecular weight excluding hydrogens is 354 g/mol. The first-order chi connectivity index (χ1) is 13.6. The van der Waals surface area contributed by atoms with Crippen LogP contribution in [0.25, 0.3) is 11.0 Å². The maximum absolute atomic E-state index is 12.4. The number of rotatable bonds is 6. The molecule has 0 radical (unpaired) electrons. The van der Waals surface area contributed by atoms with Gasteiger partial charge in [0.25, 0.3) is 5.91 Å². The molecule has 2 aromatic carbocycles. The molecule has 4 rings (SSSR count). The smallest absolute Gasteiger partial charge is 0.272 e. The van der Waals surface area contributed by atoms with Gasteiger partial charge in [-0.15, -0.1) is 0 Å². The SMILES string of the molecule is Cc1ccc2[nH]c(CNC(=O)c3cc(COc4ccccc4)[nH]n3)nc2c1C. The van der Waals surface area contributed by atoms with Gasteiger partial charge in [-0.1, -0.05) is 24.3 Å². The van der Waals surface area contributed by atoms with Crippen LogP contribution in [-0.2, 0) is 13.2 Å². The second-order valence-corrected chi connectivity index (χ2v) is 6.65. The normalized spacial score (nSPS) is 10.9. The van der Waals surface area contributed by atoms with Gasteiger partial charge in [0.05, 0.1) is 23.3 Å². The molecule has 0 saturated carbocycles. The first-order valence-corrected chi connectivity index (χ1v) is 9.05. The summed E-state index contributed by atoms with van der Waals surface area (Å²) in [6.45, 7) is 4.71. The zero-order chi connectivity index (χ0) is 19.5. The lowest BCUT2D eigenvalue weighted by molar-refractivity contribution is 0.0945. The average Bonchev–Trinajstić information content (AvgIpc) is 3.36. The third-order valence-corrected chi connectivity index (χ3v) is 4.65. The number of benzene rings is 2. The van der Waals surface area contributed by atoms with Crippen LogP contribution >= 0.6 is 0 Å². The van der Waals surface area contributed by atoms with E-state index in [0.29, 0.717) is 24.7 Å². The summed E-state index contributed by atoms with van der Waals surface area (Å²) in [5.74, 6) is 1.20. The number of H-pyrrole nitrogens is 2. The molecule has 0 bridgehead atoms. The topological polar surface area (TPSA) is 95.7 Å². The van der Waals surface area contributed by atoms with Gasteiger partial charge in [-0.25, -0.2) is 4.98 Å². The van der Waals surface area contributed by atoms with Gasteiger partial charge in [0.15, 0.2) is 0 Å². The van der Waals surface area contributed by atoms with Gasteiger partial charge in [0, 0.05) is 0 Å². The van der Waals surface area contributed by atoms with Crippen LogP contribution in [0.4, 0.5) is 0 Å². The van der Waals surface area contributed by atoms with Crippen molar-refractivity contribution in [2.45, 2.75) is 27.0 Å². The maximum Gasteiger partial charge on any atom is 0.272 e. The quantitative estimate of drug-likeness (QED) is 0.481. The van der Waals surface area contributed by atoms with E-state index in [2.05, 4.69) is 38.5 Å². The number of hydrogen-bond donors (Lipinski definition) is 3. The van der Waals surface area contributed by atoms with Crippen LogP contribution in [0.1, 0.15) is 33.1 Å². The van der Waals surface area contributed by atoms with Crippen LogP contribution in [0.3, 0.4) is 0 Å². The number of aromatic amines is 2. The second-order valence-electron chi connectivity index (χ2n) is 6.65. The van der Waals surface area contributed by atoms with E-state index in [-0.39, 0.29) is 5.91 Å². The number of aryl methyl sites for hydroxylation is 2. The number of nitrogens with one attached hydrogen (secondary N) is 3. The van der Waals surface area contributed by atoms with Crippen molar-refractivity contribution >= 4 is 16.9 Å². The second kappa shape index (κ2) is 7.56. The fraction of sp³-hybridized carbons (Fsp3) is 0.190. The fourth-order valence-electron chi connectivity index (χ4n) is 2.93. The van der Waals surface area contributed by atoms with E-state index in [1.54, 1.807) is 6.07 Å². The molecule has 2 aromatic heterocycles. The summed E-state index contributed by atoms with van der Waals surface area (Å²) >= 11 is 0. The van der Waals surface area contributed by atoms with Crippen molar-refractivity contribution in [1.82, 2.24) is 25.5 Å². The molecule has 4 aromatic rings. The molecule has 2 heterocycles. The molecule has 0 saturated heterocycles. The molecule has 7 heteroatoms. The molecule has 0 aliphatic carbocycles. The average molecular weight is 375 g/mol. The first kappa shape index (κ1) is 17.8. The predicted octanol–water partition coefficient (Wildman–Crippen LogP) is 3.41.